The molecule has 20 heavy (non-hydrogen) atoms. The number of aliphatic carboxylic acids is 1. The van der Waals surface area contributed by atoms with Gasteiger partial charge in [0.25, 0.3) is 0 Å². The van der Waals surface area contributed by atoms with Crippen molar-refractivity contribution in [1.82, 2.24) is 10.2 Å². The van der Waals surface area contributed by atoms with Gasteiger partial charge in [0.15, 0.2) is 6.04 Å². The number of nitrogens with one attached hydrogen (secondary N) is 1. The molecule has 0 aromatic heterocycles. The Bertz CT molecular complexity index is 330. The van der Waals surface area contributed by atoms with Crippen LogP contribution in [0.2, 0.25) is 0 Å². The standard InChI is InChI=1S/C13H23FN2O4/c1-3-7-16(8-4-2)12(18)6-5-11(17)15-10(9-14)13(19)20/h10H,3-9H2,1-2H3,(H,15,17)(H,19,20). The Kier molecular flexibility index (Phi) is 9.32. The van der Waals surface area contributed by atoms with Crippen LogP contribution in [-0.2, 0) is 14.4 Å². The number of carbonyl (C=O) groups excluding carboxylic acids is 2. The molecule has 0 aromatic rings. The zero-order valence-electron chi connectivity index (χ0n) is 12.0. The van der Waals surface area contributed by atoms with Gasteiger partial charge < -0.3 is 15.3 Å². The van der Waals surface area contributed by atoms with Gasteiger partial charge in [0.05, 0.1) is 0 Å². The highest BCUT2D eigenvalue weighted by Gasteiger charge is 2.20. The summed E-state index contributed by atoms with van der Waals surface area (Å²) < 4.78 is 12.3. The first-order valence-electron chi connectivity index (χ1n) is 6.82. The highest BCUT2D eigenvalue weighted by molar-refractivity contribution is 5.87. The average molecular weight is 290 g/mol. The largest absolute Gasteiger partial charge is 0.480 e. The summed E-state index contributed by atoms with van der Waals surface area (Å²) >= 11 is 0. The van der Waals surface area contributed by atoms with Gasteiger partial charge in [-0.1, -0.05) is 13.8 Å². The van der Waals surface area contributed by atoms with Gasteiger partial charge in [-0.25, -0.2) is 9.18 Å². The lowest BCUT2D eigenvalue weighted by Crippen LogP contribution is -2.42. The van der Waals surface area contributed by atoms with Crippen molar-refractivity contribution in [2.75, 3.05) is 19.8 Å². The molecule has 0 saturated carbocycles. The highest BCUT2D eigenvalue weighted by atomic mass is 19.1. The summed E-state index contributed by atoms with van der Waals surface area (Å²) in [6.07, 6.45) is 1.54. The first kappa shape index (κ1) is 18.3. The van der Waals surface area contributed by atoms with Gasteiger partial charge in [-0.05, 0) is 12.8 Å². The second kappa shape index (κ2) is 10.2. The van der Waals surface area contributed by atoms with Crippen molar-refractivity contribution in [3.05, 3.63) is 0 Å². The van der Waals surface area contributed by atoms with E-state index in [1.807, 2.05) is 19.2 Å². The summed E-state index contributed by atoms with van der Waals surface area (Å²) in [7, 11) is 0. The summed E-state index contributed by atoms with van der Waals surface area (Å²) in [5, 5.41) is 10.6. The van der Waals surface area contributed by atoms with Crippen LogP contribution in [0, 0.1) is 0 Å². The maximum Gasteiger partial charge on any atom is 0.328 e. The molecular weight excluding hydrogens is 267 g/mol. The molecule has 0 spiro atoms. The second-order valence-corrected chi connectivity index (χ2v) is 4.49. The van der Waals surface area contributed by atoms with Gasteiger partial charge in [-0.15, -0.1) is 0 Å². The van der Waals surface area contributed by atoms with Crippen LogP contribution in [0.5, 0.6) is 0 Å². The van der Waals surface area contributed by atoms with E-state index in [0.717, 1.165) is 12.8 Å². The number of rotatable bonds is 10. The molecule has 0 radical (unpaired) electrons. The molecule has 0 saturated heterocycles. The fourth-order valence-corrected chi connectivity index (χ4v) is 1.71. The zero-order valence-corrected chi connectivity index (χ0v) is 12.0. The van der Waals surface area contributed by atoms with E-state index in [1.165, 1.54) is 0 Å². The van der Waals surface area contributed by atoms with Gasteiger partial charge in [0.2, 0.25) is 11.8 Å². The molecule has 2 amide bonds. The van der Waals surface area contributed by atoms with Gasteiger partial charge in [-0.2, -0.15) is 0 Å². The lowest BCUT2D eigenvalue weighted by molar-refractivity contribution is -0.142. The minimum atomic E-state index is -1.54. The smallest absolute Gasteiger partial charge is 0.328 e. The van der Waals surface area contributed by atoms with Crippen molar-refractivity contribution in [2.24, 2.45) is 0 Å². The molecule has 0 fully saturated rings. The van der Waals surface area contributed by atoms with Crippen molar-refractivity contribution in [3.63, 3.8) is 0 Å². The Morgan fingerprint density at radius 1 is 1.15 bits per heavy atom. The molecule has 6 nitrogen and oxygen atoms in total. The van der Waals surface area contributed by atoms with Crippen LogP contribution in [0.3, 0.4) is 0 Å². The number of alkyl halides is 1. The van der Waals surface area contributed by atoms with Crippen molar-refractivity contribution in [2.45, 2.75) is 45.6 Å². The molecule has 2 N–H and O–H groups in total. The maximum absolute atomic E-state index is 12.3. The molecule has 1 atom stereocenters. The van der Waals surface area contributed by atoms with Crippen LogP contribution >= 0.6 is 0 Å². The lowest BCUT2D eigenvalue weighted by atomic mass is 10.2. The van der Waals surface area contributed by atoms with Crippen LogP contribution in [0.1, 0.15) is 39.5 Å². The van der Waals surface area contributed by atoms with E-state index in [-0.39, 0.29) is 18.7 Å². The molecule has 1 unspecified atom stereocenters. The minimum absolute atomic E-state index is 0.00442. The molecule has 7 heteroatoms. The number of halogens is 1. The Balaban J connectivity index is 4.21. The topological polar surface area (TPSA) is 86.7 Å². The van der Waals surface area contributed by atoms with Crippen molar-refractivity contribution in [1.29, 1.82) is 0 Å². The van der Waals surface area contributed by atoms with Gasteiger partial charge in [0, 0.05) is 25.9 Å². The Hall–Kier alpha value is -1.66. The van der Waals surface area contributed by atoms with E-state index in [1.54, 1.807) is 4.90 Å². The first-order valence-corrected chi connectivity index (χ1v) is 6.82. The monoisotopic (exact) mass is 290 g/mol. The summed E-state index contributed by atoms with van der Waals surface area (Å²) in [5.41, 5.74) is 0. The zero-order chi connectivity index (χ0) is 15.5. The molecule has 0 heterocycles. The molecule has 0 aliphatic rings. The fraction of sp³-hybridized carbons (Fsp3) is 0.769. The summed E-state index contributed by atoms with van der Waals surface area (Å²) in [6.45, 7) is 4.02. The SMILES string of the molecule is CCCN(CCC)C(=O)CCC(=O)NC(CF)C(=O)O. The number of carboxylic acids is 1. The van der Waals surface area contributed by atoms with Crippen LogP contribution in [0.25, 0.3) is 0 Å². The average Bonchev–Trinajstić information content (AvgIpc) is 2.41. The predicted molar refractivity (Wildman–Crippen MR) is 71.9 cm³/mol. The third kappa shape index (κ3) is 7.06. The van der Waals surface area contributed by atoms with Crippen LogP contribution in [0.15, 0.2) is 0 Å². The molecule has 0 bridgehead atoms. The van der Waals surface area contributed by atoms with Crippen LogP contribution in [-0.4, -0.2) is 53.6 Å². The van der Waals surface area contributed by atoms with Gasteiger partial charge in [0.1, 0.15) is 6.67 Å². The number of hydrogen-bond acceptors (Lipinski definition) is 3. The summed E-state index contributed by atoms with van der Waals surface area (Å²) in [6, 6.07) is -1.54. The van der Waals surface area contributed by atoms with E-state index >= 15 is 0 Å². The maximum atomic E-state index is 12.3. The number of hydrogen-bond donors (Lipinski definition) is 2. The third-order valence-electron chi connectivity index (χ3n) is 2.69. The molecule has 0 rings (SSSR count). The number of amides is 2. The normalized spacial score (nSPS) is 11.8. The molecular formula is C13H23FN2O4. The highest BCUT2D eigenvalue weighted by Crippen LogP contribution is 2.02. The second-order valence-electron chi connectivity index (χ2n) is 4.49. The molecule has 0 aliphatic carbocycles. The molecule has 116 valence electrons. The van der Waals surface area contributed by atoms with Crippen molar-refractivity contribution < 1.29 is 23.9 Å². The molecule has 0 aromatic carbocycles. The summed E-state index contributed by atoms with van der Waals surface area (Å²) in [4.78, 5) is 35.6. The van der Waals surface area contributed by atoms with Crippen LogP contribution < -0.4 is 5.32 Å². The quantitative estimate of drug-likeness (QED) is 0.627. The number of carboxylic acid groups (broad SMARTS) is 1. The van der Waals surface area contributed by atoms with Crippen molar-refractivity contribution >= 4 is 17.8 Å². The fourth-order valence-electron chi connectivity index (χ4n) is 1.71. The predicted octanol–water partition coefficient (Wildman–Crippen LogP) is 0.954. The lowest BCUT2D eigenvalue weighted by Gasteiger charge is -2.21. The minimum Gasteiger partial charge on any atom is -0.480 e. The third-order valence-corrected chi connectivity index (χ3v) is 2.69. The number of carbonyl (C=O) groups is 3. The molecule has 0 aliphatic heterocycles. The number of nitrogens with zero attached hydrogens (tertiary/aromatic N) is 1. The van der Waals surface area contributed by atoms with E-state index < -0.39 is 24.6 Å². The van der Waals surface area contributed by atoms with E-state index in [4.69, 9.17) is 5.11 Å². The van der Waals surface area contributed by atoms with Crippen LogP contribution in [0.4, 0.5) is 4.39 Å². The van der Waals surface area contributed by atoms with Gasteiger partial charge >= 0.3 is 5.97 Å². The van der Waals surface area contributed by atoms with Gasteiger partial charge in [-0.3, -0.25) is 9.59 Å². The van der Waals surface area contributed by atoms with E-state index in [0.29, 0.717) is 13.1 Å². The van der Waals surface area contributed by atoms with Crippen molar-refractivity contribution in [3.8, 4) is 0 Å². The van der Waals surface area contributed by atoms with E-state index in [9.17, 15) is 18.8 Å². The Morgan fingerprint density at radius 2 is 1.70 bits per heavy atom. The van der Waals surface area contributed by atoms with E-state index in [2.05, 4.69) is 0 Å². The first-order chi connectivity index (χ1) is 9.46. The Morgan fingerprint density at radius 3 is 2.10 bits per heavy atom. The summed E-state index contributed by atoms with van der Waals surface area (Å²) in [5.74, 6) is -2.20. The Labute approximate surface area is 118 Å².